The van der Waals surface area contributed by atoms with Crippen molar-refractivity contribution in [2.45, 2.75) is 0 Å². The number of nitrogens with one attached hydrogen (secondary N) is 2. The zero-order valence-electron chi connectivity index (χ0n) is 14.5. The maximum Gasteiger partial charge on any atom is 0.271 e. The molecule has 3 aromatic rings. The summed E-state index contributed by atoms with van der Waals surface area (Å²) in [6, 6.07) is 19.1. The van der Waals surface area contributed by atoms with Crippen LogP contribution in [0.3, 0.4) is 0 Å². The van der Waals surface area contributed by atoms with Gasteiger partial charge >= 0.3 is 0 Å². The third-order valence-electron chi connectivity index (χ3n) is 3.74. The number of amides is 2. The van der Waals surface area contributed by atoms with E-state index in [0.29, 0.717) is 16.8 Å². The summed E-state index contributed by atoms with van der Waals surface area (Å²) in [6.07, 6.45) is 1.54. The van der Waals surface area contributed by atoms with Crippen LogP contribution in [0.5, 0.6) is 0 Å². The van der Waals surface area contributed by atoms with Crippen LogP contribution in [-0.2, 0) is 0 Å². The number of rotatable bonds is 5. The van der Waals surface area contributed by atoms with E-state index in [9.17, 15) is 14.0 Å². The summed E-state index contributed by atoms with van der Waals surface area (Å²) in [4.78, 5) is 24.2. The van der Waals surface area contributed by atoms with Gasteiger partial charge in [0.15, 0.2) is 0 Å². The standard InChI is InChI=1S/C21H15BrFN3O2/c22-17-3-1-2-14(12-17)13-24-26-21(28)16-6-10-19(11-7-16)25-20(27)15-4-8-18(23)9-5-15/h1-13H,(H,25,27)(H,26,28)/b24-13+. The minimum Gasteiger partial charge on any atom is -0.322 e. The molecule has 0 spiro atoms. The van der Waals surface area contributed by atoms with Crippen molar-refractivity contribution in [2.24, 2.45) is 5.10 Å². The highest BCUT2D eigenvalue weighted by Gasteiger charge is 2.08. The molecule has 0 bridgehead atoms. The molecule has 2 amide bonds. The molecule has 0 unspecified atom stereocenters. The van der Waals surface area contributed by atoms with Crippen LogP contribution in [0, 0.1) is 5.82 Å². The minimum atomic E-state index is -0.408. The zero-order valence-corrected chi connectivity index (χ0v) is 16.1. The van der Waals surface area contributed by atoms with Gasteiger partial charge < -0.3 is 5.32 Å². The van der Waals surface area contributed by atoms with Crippen LogP contribution in [0.25, 0.3) is 0 Å². The van der Waals surface area contributed by atoms with Crippen LogP contribution in [0.4, 0.5) is 10.1 Å². The molecule has 0 saturated carbocycles. The van der Waals surface area contributed by atoms with E-state index in [1.165, 1.54) is 24.3 Å². The van der Waals surface area contributed by atoms with Crippen molar-refractivity contribution in [2.75, 3.05) is 5.32 Å². The summed E-state index contributed by atoms with van der Waals surface area (Å²) in [5.41, 5.74) is 4.54. The molecule has 0 radical (unpaired) electrons. The lowest BCUT2D eigenvalue weighted by atomic mass is 10.1. The Bertz CT molecular complexity index is 1020. The topological polar surface area (TPSA) is 70.6 Å². The number of hydrogen-bond acceptors (Lipinski definition) is 3. The number of benzene rings is 3. The van der Waals surface area contributed by atoms with Gasteiger partial charge in [-0.3, -0.25) is 9.59 Å². The molecular formula is C21H15BrFN3O2. The second-order valence-corrected chi connectivity index (χ2v) is 6.71. The van der Waals surface area contributed by atoms with Gasteiger partial charge in [0, 0.05) is 21.3 Å². The highest BCUT2D eigenvalue weighted by molar-refractivity contribution is 9.10. The highest BCUT2D eigenvalue weighted by Crippen LogP contribution is 2.12. The Kier molecular flexibility index (Phi) is 6.29. The number of hydrogen-bond donors (Lipinski definition) is 2. The van der Waals surface area contributed by atoms with Crippen LogP contribution < -0.4 is 10.7 Å². The van der Waals surface area contributed by atoms with Gasteiger partial charge in [-0.25, -0.2) is 9.82 Å². The summed E-state index contributed by atoms with van der Waals surface area (Å²) in [6.45, 7) is 0. The predicted octanol–water partition coefficient (Wildman–Crippen LogP) is 4.60. The Morgan fingerprint density at radius 2 is 1.54 bits per heavy atom. The lowest BCUT2D eigenvalue weighted by Crippen LogP contribution is -2.17. The molecule has 5 nitrogen and oxygen atoms in total. The molecule has 2 N–H and O–H groups in total. The van der Waals surface area contributed by atoms with E-state index in [1.807, 2.05) is 24.3 Å². The average molecular weight is 440 g/mol. The van der Waals surface area contributed by atoms with Crippen molar-refractivity contribution in [3.05, 3.63) is 99.8 Å². The van der Waals surface area contributed by atoms with Crippen LogP contribution in [0.2, 0.25) is 0 Å². The van der Waals surface area contributed by atoms with E-state index in [-0.39, 0.29) is 11.8 Å². The Morgan fingerprint density at radius 3 is 2.21 bits per heavy atom. The Morgan fingerprint density at radius 1 is 0.893 bits per heavy atom. The fourth-order valence-corrected chi connectivity index (χ4v) is 2.74. The van der Waals surface area contributed by atoms with Gasteiger partial charge in [-0.05, 0) is 66.2 Å². The lowest BCUT2D eigenvalue weighted by molar-refractivity contribution is 0.0954. The van der Waals surface area contributed by atoms with Gasteiger partial charge in [-0.1, -0.05) is 28.1 Å². The molecule has 0 aliphatic rings. The first kappa shape index (κ1) is 19.4. The van der Waals surface area contributed by atoms with E-state index < -0.39 is 5.82 Å². The normalized spacial score (nSPS) is 10.6. The van der Waals surface area contributed by atoms with Crippen molar-refractivity contribution < 1.29 is 14.0 Å². The molecule has 0 aliphatic heterocycles. The molecule has 0 aromatic heterocycles. The van der Waals surface area contributed by atoms with Crippen LogP contribution >= 0.6 is 15.9 Å². The van der Waals surface area contributed by atoms with Gasteiger partial charge in [-0.15, -0.1) is 0 Å². The van der Waals surface area contributed by atoms with Gasteiger partial charge in [-0.2, -0.15) is 5.10 Å². The first-order valence-electron chi connectivity index (χ1n) is 8.27. The van der Waals surface area contributed by atoms with E-state index in [4.69, 9.17) is 0 Å². The maximum atomic E-state index is 12.9. The first-order chi connectivity index (χ1) is 13.5. The zero-order chi connectivity index (χ0) is 19.9. The van der Waals surface area contributed by atoms with Gasteiger partial charge in [0.2, 0.25) is 0 Å². The Hall–Kier alpha value is -3.32. The van der Waals surface area contributed by atoms with Crippen LogP contribution in [0.1, 0.15) is 26.3 Å². The summed E-state index contributed by atoms with van der Waals surface area (Å²) >= 11 is 3.37. The van der Waals surface area contributed by atoms with Crippen molar-refractivity contribution in [3.8, 4) is 0 Å². The quantitative estimate of drug-likeness (QED) is 0.450. The molecular weight excluding hydrogens is 425 g/mol. The summed E-state index contributed by atoms with van der Waals surface area (Å²) < 4.78 is 13.8. The van der Waals surface area contributed by atoms with Crippen molar-refractivity contribution in [1.29, 1.82) is 0 Å². The molecule has 0 aliphatic carbocycles. The number of hydrazone groups is 1. The fourth-order valence-electron chi connectivity index (χ4n) is 2.33. The summed E-state index contributed by atoms with van der Waals surface area (Å²) in [5.74, 6) is -1.15. The van der Waals surface area contributed by atoms with Gasteiger partial charge in [0.05, 0.1) is 6.21 Å². The summed E-state index contributed by atoms with van der Waals surface area (Å²) in [5, 5.41) is 6.62. The lowest BCUT2D eigenvalue weighted by Gasteiger charge is -2.06. The number of nitrogens with zero attached hydrogens (tertiary/aromatic N) is 1. The molecule has 0 atom stereocenters. The average Bonchev–Trinajstić information content (AvgIpc) is 2.69. The van der Waals surface area contributed by atoms with Crippen LogP contribution in [-0.4, -0.2) is 18.0 Å². The third-order valence-corrected chi connectivity index (χ3v) is 4.23. The maximum absolute atomic E-state index is 12.9. The largest absolute Gasteiger partial charge is 0.322 e. The second-order valence-electron chi connectivity index (χ2n) is 5.79. The van der Waals surface area contributed by atoms with E-state index in [2.05, 4.69) is 31.8 Å². The van der Waals surface area contributed by atoms with Gasteiger partial charge in [0.1, 0.15) is 5.82 Å². The molecule has 0 saturated heterocycles. The number of carbonyl (C=O) groups is 2. The van der Waals surface area contributed by atoms with Gasteiger partial charge in [0.25, 0.3) is 11.8 Å². The van der Waals surface area contributed by atoms with E-state index in [1.54, 1.807) is 30.5 Å². The molecule has 28 heavy (non-hydrogen) atoms. The number of carbonyl (C=O) groups excluding carboxylic acids is 2. The third kappa shape index (κ3) is 5.34. The SMILES string of the molecule is O=C(N/N=C/c1cccc(Br)c1)c1ccc(NC(=O)c2ccc(F)cc2)cc1. The molecule has 3 aromatic carbocycles. The van der Waals surface area contributed by atoms with Crippen molar-refractivity contribution >= 4 is 39.6 Å². The Labute approximate surface area is 169 Å². The first-order valence-corrected chi connectivity index (χ1v) is 9.06. The van der Waals surface area contributed by atoms with Crippen LogP contribution in [0.15, 0.2) is 82.4 Å². The summed E-state index contributed by atoms with van der Waals surface area (Å²) in [7, 11) is 0. The second kappa shape index (κ2) is 9.05. The van der Waals surface area contributed by atoms with E-state index in [0.717, 1.165) is 10.0 Å². The molecule has 7 heteroatoms. The Balaban J connectivity index is 1.58. The van der Waals surface area contributed by atoms with E-state index >= 15 is 0 Å². The molecule has 0 heterocycles. The molecule has 0 fully saturated rings. The highest BCUT2D eigenvalue weighted by atomic mass is 79.9. The monoisotopic (exact) mass is 439 g/mol. The number of anilines is 1. The molecule has 3 rings (SSSR count). The fraction of sp³-hybridized carbons (Fsp3) is 0. The van der Waals surface area contributed by atoms with Crippen molar-refractivity contribution in [3.63, 3.8) is 0 Å². The minimum absolute atomic E-state index is 0.338. The molecule has 140 valence electrons. The smallest absolute Gasteiger partial charge is 0.271 e. The number of halogens is 2. The predicted molar refractivity (Wildman–Crippen MR) is 110 cm³/mol. The van der Waals surface area contributed by atoms with Crippen molar-refractivity contribution in [1.82, 2.24) is 5.43 Å².